The van der Waals surface area contributed by atoms with E-state index in [1.807, 2.05) is 36.9 Å². The van der Waals surface area contributed by atoms with Gasteiger partial charge in [0.2, 0.25) is 5.91 Å². The molecule has 33 heavy (non-hydrogen) atoms. The number of amides is 1. The Morgan fingerprint density at radius 2 is 1.64 bits per heavy atom. The Bertz CT molecular complexity index is 1130. The highest BCUT2D eigenvalue weighted by molar-refractivity contribution is 5.78. The van der Waals surface area contributed by atoms with Crippen molar-refractivity contribution in [3.63, 3.8) is 0 Å². The molecular weight excluding hydrogens is 408 g/mol. The number of piperazine rings is 1. The van der Waals surface area contributed by atoms with E-state index in [1.165, 1.54) is 22.3 Å². The second-order valence-corrected chi connectivity index (χ2v) is 9.37. The number of hydrogen-bond acceptors (Lipinski definition) is 4. The van der Waals surface area contributed by atoms with Crippen molar-refractivity contribution in [3.05, 3.63) is 76.5 Å². The van der Waals surface area contributed by atoms with Crippen LogP contribution in [0.4, 0.5) is 5.82 Å². The molecule has 1 amide bonds. The second kappa shape index (κ2) is 9.74. The largest absolute Gasteiger partial charge is 0.353 e. The lowest BCUT2D eigenvalue weighted by Gasteiger charge is -2.37. The molecular formula is C28H34N4O. The van der Waals surface area contributed by atoms with Gasteiger partial charge in [-0.1, -0.05) is 67.9 Å². The molecule has 3 aromatic rings. The first-order chi connectivity index (χ1) is 15.8. The van der Waals surface area contributed by atoms with Gasteiger partial charge in [-0.25, -0.2) is 9.97 Å². The second-order valence-electron chi connectivity index (χ2n) is 9.37. The van der Waals surface area contributed by atoms with Gasteiger partial charge < -0.3 is 9.80 Å². The van der Waals surface area contributed by atoms with Crippen molar-refractivity contribution in [2.75, 3.05) is 31.1 Å². The quantitative estimate of drug-likeness (QED) is 0.560. The number of benzene rings is 2. The summed E-state index contributed by atoms with van der Waals surface area (Å²) in [5, 5.41) is 0. The number of hydrogen-bond donors (Lipinski definition) is 0. The summed E-state index contributed by atoms with van der Waals surface area (Å²) in [5.74, 6) is 2.02. The minimum Gasteiger partial charge on any atom is -0.353 e. The molecule has 1 saturated heterocycles. The lowest BCUT2D eigenvalue weighted by Crippen LogP contribution is -2.50. The highest BCUT2D eigenvalue weighted by Gasteiger charge is 2.26. The van der Waals surface area contributed by atoms with E-state index in [0.29, 0.717) is 0 Å². The third-order valence-electron chi connectivity index (χ3n) is 6.48. The molecule has 0 radical (unpaired) electrons. The zero-order valence-electron chi connectivity index (χ0n) is 20.4. The van der Waals surface area contributed by atoms with E-state index in [0.717, 1.165) is 55.5 Å². The maximum atomic E-state index is 12.5. The molecule has 1 fully saturated rings. The Hall–Kier alpha value is -3.21. The molecule has 1 aliphatic heterocycles. The Morgan fingerprint density at radius 3 is 2.30 bits per heavy atom. The fraction of sp³-hybridized carbons (Fsp3) is 0.393. The van der Waals surface area contributed by atoms with E-state index in [-0.39, 0.29) is 11.8 Å². The molecule has 2 heterocycles. The molecule has 2 aromatic carbocycles. The van der Waals surface area contributed by atoms with E-state index >= 15 is 0 Å². The molecule has 4 rings (SSSR count). The van der Waals surface area contributed by atoms with Crippen LogP contribution >= 0.6 is 0 Å². The highest BCUT2D eigenvalue weighted by atomic mass is 16.2. The van der Waals surface area contributed by atoms with Crippen LogP contribution in [0.1, 0.15) is 41.8 Å². The number of carbonyl (C=O) groups excluding carboxylic acids is 1. The summed E-state index contributed by atoms with van der Waals surface area (Å²) < 4.78 is 0. The third-order valence-corrected chi connectivity index (χ3v) is 6.48. The summed E-state index contributed by atoms with van der Waals surface area (Å²) in [5.41, 5.74) is 7.06. The molecule has 1 aliphatic rings. The molecule has 0 bridgehead atoms. The number of aromatic nitrogens is 2. The van der Waals surface area contributed by atoms with E-state index in [1.54, 1.807) is 0 Å². The molecule has 5 heteroatoms. The van der Waals surface area contributed by atoms with Crippen molar-refractivity contribution >= 4 is 11.7 Å². The number of rotatable bonds is 5. The molecule has 172 valence electrons. The zero-order valence-corrected chi connectivity index (χ0v) is 20.4. The van der Waals surface area contributed by atoms with Gasteiger partial charge in [0.15, 0.2) is 5.82 Å². The molecule has 0 N–H and O–H groups in total. The van der Waals surface area contributed by atoms with Gasteiger partial charge in [0.25, 0.3) is 0 Å². The summed E-state index contributed by atoms with van der Waals surface area (Å²) in [4.78, 5) is 26.8. The SMILES string of the molecule is Cc1ccc(C)c(Cc2c(C)nc(-c3ccccc3)nc2N2CCN(C(=O)C(C)C)CC2)c1. The lowest BCUT2D eigenvalue weighted by molar-refractivity contribution is -0.134. The van der Waals surface area contributed by atoms with Crippen LogP contribution in [0.15, 0.2) is 48.5 Å². The van der Waals surface area contributed by atoms with Crippen LogP contribution in [0.5, 0.6) is 0 Å². The van der Waals surface area contributed by atoms with Crippen LogP contribution in [0, 0.1) is 26.7 Å². The van der Waals surface area contributed by atoms with Gasteiger partial charge in [-0.2, -0.15) is 0 Å². The molecule has 5 nitrogen and oxygen atoms in total. The van der Waals surface area contributed by atoms with Crippen LogP contribution in [-0.2, 0) is 11.2 Å². The number of nitrogens with zero attached hydrogens (tertiary/aromatic N) is 4. The van der Waals surface area contributed by atoms with E-state index in [9.17, 15) is 4.79 Å². The van der Waals surface area contributed by atoms with Gasteiger partial charge in [-0.05, 0) is 31.9 Å². The predicted molar refractivity (Wildman–Crippen MR) is 135 cm³/mol. The average molecular weight is 443 g/mol. The molecule has 0 saturated carbocycles. The first kappa shape index (κ1) is 23.0. The van der Waals surface area contributed by atoms with Crippen molar-refractivity contribution < 1.29 is 4.79 Å². The Balaban J connectivity index is 1.72. The average Bonchev–Trinajstić information content (AvgIpc) is 2.82. The monoisotopic (exact) mass is 442 g/mol. The summed E-state index contributed by atoms with van der Waals surface area (Å²) in [7, 11) is 0. The third kappa shape index (κ3) is 5.08. The summed E-state index contributed by atoms with van der Waals surface area (Å²) in [6.07, 6.45) is 0.800. The zero-order chi connectivity index (χ0) is 23.5. The molecule has 0 unspecified atom stereocenters. The summed E-state index contributed by atoms with van der Waals surface area (Å²) >= 11 is 0. The first-order valence-electron chi connectivity index (χ1n) is 11.9. The van der Waals surface area contributed by atoms with Crippen LogP contribution in [0.25, 0.3) is 11.4 Å². The van der Waals surface area contributed by atoms with Crippen molar-refractivity contribution in [1.29, 1.82) is 0 Å². The van der Waals surface area contributed by atoms with E-state index < -0.39 is 0 Å². The van der Waals surface area contributed by atoms with Gasteiger partial charge in [-0.15, -0.1) is 0 Å². The van der Waals surface area contributed by atoms with Crippen molar-refractivity contribution in [1.82, 2.24) is 14.9 Å². The molecule has 0 atom stereocenters. The van der Waals surface area contributed by atoms with Crippen molar-refractivity contribution in [2.24, 2.45) is 5.92 Å². The minimum atomic E-state index is 0.0300. The molecule has 1 aromatic heterocycles. The van der Waals surface area contributed by atoms with Crippen LogP contribution in [-0.4, -0.2) is 47.0 Å². The van der Waals surface area contributed by atoms with Crippen molar-refractivity contribution in [2.45, 2.75) is 41.0 Å². The summed E-state index contributed by atoms with van der Waals surface area (Å²) in [6, 6.07) is 16.8. The smallest absolute Gasteiger partial charge is 0.225 e. The van der Waals surface area contributed by atoms with Gasteiger partial charge in [0, 0.05) is 55.3 Å². The molecule has 0 aliphatic carbocycles. The number of carbonyl (C=O) groups is 1. The predicted octanol–water partition coefficient (Wildman–Crippen LogP) is 4.96. The minimum absolute atomic E-state index is 0.0300. The Morgan fingerprint density at radius 1 is 0.939 bits per heavy atom. The Labute approximate surface area is 197 Å². The van der Waals surface area contributed by atoms with Crippen LogP contribution in [0.3, 0.4) is 0 Å². The highest BCUT2D eigenvalue weighted by Crippen LogP contribution is 2.29. The molecule has 0 spiro atoms. The first-order valence-corrected chi connectivity index (χ1v) is 11.9. The van der Waals surface area contributed by atoms with Gasteiger partial charge >= 0.3 is 0 Å². The van der Waals surface area contributed by atoms with Gasteiger partial charge in [-0.3, -0.25) is 4.79 Å². The summed E-state index contributed by atoms with van der Waals surface area (Å²) in [6.45, 7) is 13.3. The lowest BCUT2D eigenvalue weighted by atomic mass is 9.97. The maximum Gasteiger partial charge on any atom is 0.225 e. The van der Waals surface area contributed by atoms with Crippen LogP contribution < -0.4 is 4.90 Å². The van der Waals surface area contributed by atoms with Crippen LogP contribution in [0.2, 0.25) is 0 Å². The van der Waals surface area contributed by atoms with E-state index in [2.05, 4.69) is 56.0 Å². The number of aryl methyl sites for hydroxylation is 3. The maximum absolute atomic E-state index is 12.5. The standard InChI is InChI=1S/C28H34N4O/c1-19(2)28(33)32-15-13-31(14-16-32)27-25(18-24-17-20(3)11-12-21(24)4)22(5)29-26(30-27)23-9-7-6-8-10-23/h6-12,17,19H,13-16,18H2,1-5H3. The van der Waals surface area contributed by atoms with Crippen molar-refractivity contribution in [3.8, 4) is 11.4 Å². The normalized spacial score (nSPS) is 14.1. The Kier molecular flexibility index (Phi) is 6.77. The topological polar surface area (TPSA) is 49.3 Å². The number of anilines is 1. The fourth-order valence-corrected chi connectivity index (χ4v) is 4.45. The van der Waals surface area contributed by atoms with E-state index in [4.69, 9.17) is 9.97 Å². The van der Waals surface area contributed by atoms with Gasteiger partial charge in [0.1, 0.15) is 5.82 Å². The fourth-order valence-electron chi connectivity index (χ4n) is 4.45. The van der Waals surface area contributed by atoms with Gasteiger partial charge in [0.05, 0.1) is 0 Å².